The highest BCUT2D eigenvalue weighted by molar-refractivity contribution is 14.1. The minimum Gasteiger partial charge on any atom is -0.493 e. The SMILES string of the molecule is COc1cc(C=NNC(=O)CCC(=O)Nc2ccc(F)cc2)cc(I)c1OCc1ccccc1C#N. The van der Waals surface area contributed by atoms with Crippen molar-refractivity contribution in [3.05, 3.63) is 86.7 Å². The van der Waals surface area contributed by atoms with Gasteiger partial charge >= 0.3 is 0 Å². The van der Waals surface area contributed by atoms with Crippen LogP contribution in [0.25, 0.3) is 0 Å². The van der Waals surface area contributed by atoms with Gasteiger partial charge in [0.15, 0.2) is 11.5 Å². The maximum atomic E-state index is 12.9. The first-order valence-electron chi connectivity index (χ1n) is 10.7. The number of methoxy groups -OCH3 is 1. The number of hydrazone groups is 1. The van der Waals surface area contributed by atoms with Crippen molar-refractivity contribution < 1.29 is 23.5 Å². The first kappa shape index (κ1) is 26.6. The number of benzene rings is 3. The van der Waals surface area contributed by atoms with Crippen LogP contribution < -0.4 is 20.2 Å². The van der Waals surface area contributed by atoms with Gasteiger partial charge in [-0.05, 0) is 70.6 Å². The number of nitrogens with one attached hydrogen (secondary N) is 2. The zero-order chi connectivity index (χ0) is 25.9. The molecule has 3 aromatic rings. The Morgan fingerprint density at radius 1 is 1.11 bits per heavy atom. The third-order valence-electron chi connectivity index (χ3n) is 4.87. The summed E-state index contributed by atoms with van der Waals surface area (Å²) in [7, 11) is 1.52. The van der Waals surface area contributed by atoms with Crippen LogP contribution in [0.5, 0.6) is 11.5 Å². The van der Waals surface area contributed by atoms with Gasteiger partial charge in [0.2, 0.25) is 11.8 Å². The molecule has 0 saturated heterocycles. The molecule has 0 bridgehead atoms. The maximum Gasteiger partial charge on any atom is 0.240 e. The van der Waals surface area contributed by atoms with E-state index in [0.29, 0.717) is 28.3 Å². The largest absolute Gasteiger partial charge is 0.493 e. The zero-order valence-corrected chi connectivity index (χ0v) is 21.4. The molecule has 10 heteroatoms. The van der Waals surface area contributed by atoms with Crippen molar-refractivity contribution in [2.75, 3.05) is 12.4 Å². The van der Waals surface area contributed by atoms with E-state index < -0.39 is 11.7 Å². The second kappa shape index (κ2) is 13.2. The van der Waals surface area contributed by atoms with E-state index in [4.69, 9.17) is 9.47 Å². The van der Waals surface area contributed by atoms with E-state index in [1.165, 1.54) is 37.6 Å². The van der Waals surface area contributed by atoms with Gasteiger partial charge < -0.3 is 14.8 Å². The molecule has 0 spiro atoms. The van der Waals surface area contributed by atoms with Crippen LogP contribution in [0.4, 0.5) is 10.1 Å². The molecule has 0 unspecified atom stereocenters. The van der Waals surface area contributed by atoms with Crippen molar-refractivity contribution in [3.63, 3.8) is 0 Å². The van der Waals surface area contributed by atoms with E-state index in [-0.39, 0.29) is 25.4 Å². The van der Waals surface area contributed by atoms with Crippen LogP contribution in [0.15, 0.2) is 65.8 Å². The second-order valence-electron chi connectivity index (χ2n) is 7.44. The molecule has 0 aliphatic carbocycles. The molecule has 3 rings (SSSR count). The molecule has 0 atom stereocenters. The number of hydrogen-bond donors (Lipinski definition) is 2. The highest BCUT2D eigenvalue weighted by atomic mass is 127. The molecule has 0 fully saturated rings. The normalized spacial score (nSPS) is 10.5. The summed E-state index contributed by atoms with van der Waals surface area (Å²) in [6.45, 7) is 0.203. The van der Waals surface area contributed by atoms with Crippen molar-refractivity contribution in [1.29, 1.82) is 5.26 Å². The summed E-state index contributed by atoms with van der Waals surface area (Å²) in [6, 6.07) is 18.2. The fourth-order valence-electron chi connectivity index (χ4n) is 3.08. The number of hydrogen-bond acceptors (Lipinski definition) is 6. The van der Waals surface area contributed by atoms with E-state index in [1.54, 1.807) is 24.3 Å². The van der Waals surface area contributed by atoms with Gasteiger partial charge in [-0.1, -0.05) is 18.2 Å². The lowest BCUT2D eigenvalue weighted by Crippen LogP contribution is -2.20. The van der Waals surface area contributed by atoms with Gasteiger partial charge in [0, 0.05) is 24.1 Å². The number of nitrogens with zero attached hydrogens (tertiary/aromatic N) is 2. The Hall–Kier alpha value is -3.98. The number of ether oxygens (including phenoxy) is 2. The standard InChI is InChI=1S/C26H22FIN4O4/c1-35-23-13-17(12-22(28)26(23)36-16-19-5-3-2-4-18(19)14-29)15-30-32-25(34)11-10-24(33)31-21-8-6-20(27)7-9-21/h2-9,12-13,15H,10-11,16H2,1H3,(H,31,33)(H,32,34). The van der Waals surface area contributed by atoms with Gasteiger partial charge in [0.05, 0.1) is 28.5 Å². The third-order valence-corrected chi connectivity index (χ3v) is 5.67. The van der Waals surface area contributed by atoms with E-state index in [2.05, 4.69) is 44.5 Å². The van der Waals surface area contributed by atoms with Crippen LogP contribution in [0.3, 0.4) is 0 Å². The summed E-state index contributed by atoms with van der Waals surface area (Å²) in [5.74, 6) is -0.201. The fraction of sp³-hybridized carbons (Fsp3) is 0.154. The number of nitriles is 1. The van der Waals surface area contributed by atoms with E-state index in [9.17, 15) is 19.2 Å². The minimum atomic E-state index is -0.432. The van der Waals surface area contributed by atoms with Crippen LogP contribution in [-0.4, -0.2) is 25.1 Å². The van der Waals surface area contributed by atoms with Crippen molar-refractivity contribution >= 4 is 46.3 Å². The predicted octanol–water partition coefficient (Wildman–Crippen LogP) is 4.76. The van der Waals surface area contributed by atoms with Gasteiger partial charge in [0.1, 0.15) is 12.4 Å². The smallest absolute Gasteiger partial charge is 0.240 e. The van der Waals surface area contributed by atoms with Crippen LogP contribution in [0.2, 0.25) is 0 Å². The summed E-state index contributed by atoms with van der Waals surface area (Å²) < 4.78 is 25.1. The van der Waals surface area contributed by atoms with E-state index >= 15 is 0 Å². The van der Waals surface area contributed by atoms with E-state index in [0.717, 1.165) is 9.13 Å². The van der Waals surface area contributed by atoms with E-state index in [1.807, 2.05) is 12.1 Å². The number of anilines is 1. The van der Waals surface area contributed by atoms with Crippen molar-refractivity contribution in [3.8, 4) is 17.6 Å². The molecule has 0 radical (unpaired) electrons. The number of halogens is 2. The average molecular weight is 600 g/mol. The lowest BCUT2D eigenvalue weighted by molar-refractivity contribution is -0.124. The topological polar surface area (TPSA) is 113 Å². The number of carbonyl (C=O) groups is 2. The molecule has 8 nitrogen and oxygen atoms in total. The Labute approximate surface area is 221 Å². The van der Waals surface area contributed by atoms with Crippen LogP contribution >= 0.6 is 22.6 Å². The Kier molecular flexibility index (Phi) is 9.76. The first-order valence-corrected chi connectivity index (χ1v) is 11.8. The monoisotopic (exact) mass is 600 g/mol. The molecule has 0 aliphatic heterocycles. The van der Waals surface area contributed by atoms with Gasteiger partial charge in [-0.2, -0.15) is 10.4 Å². The Morgan fingerprint density at radius 2 is 1.83 bits per heavy atom. The maximum absolute atomic E-state index is 12.9. The van der Waals surface area contributed by atoms with Crippen molar-refractivity contribution in [1.82, 2.24) is 5.43 Å². The molecule has 0 aliphatic rings. The summed E-state index contributed by atoms with van der Waals surface area (Å²) in [5.41, 5.74) is 4.80. The fourth-order valence-corrected chi connectivity index (χ4v) is 3.86. The predicted molar refractivity (Wildman–Crippen MR) is 141 cm³/mol. The molecule has 3 aromatic carbocycles. The molecular weight excluding hydrogens is 578 g/mol. The quantitative estimate of drug-likeness (QED) is 0.198. The Morgan fingerprint density at radius 3 is 2.56 bits per heavy atom. The summed E-state index contributed by atoms with van der Waals surface area (Å²) in [5, 5.41) is 15.8. The molecule has 184 valence electrons. The van der Waals surface area contributed by atoms with Crippen LogP contribution in [-0.2, 0) is 16.2 Å². The highest BCUT2D eigenvalue weighted by Gasteiger charge is 2.13. The van der Waals surface area contributed by atoms with Gasteiger partial charge in [-0.3, -0.25) is 9.59 Å². The van der Waals surface area contributed by atoms with Gasteiger partial charge in [-0.25, -0.2) is 9.82 Å². The summed E-state index contributed by atoms with van der Waals surface area (Å²) >= 11 is 2.11. The average Bonchev–Trinajstić information content (AvgIpc) is 2.88. The van der Waals surface area contributed by atoms with Crippen molar-refractivity contribution in [2.24, 2.45) is 5.10 Å². The number of carbonyl (C=O) groups excluding carboxylic acids is 2. The number of amides is 2. The molecule has 36 heavy (non-hydrogen) atoms. The van der Waals surface area contributed by atoms with Gasteiger partial charge in [-0.15, -0.1) is 0 Å². The van der Waals surface area contributed by atoms with Crippen LogP contribution in [0, 0.1) is 20.7 Å². The lowest BCUT2D eigenvalue weighted by Gasteiger charge is -2.14. The third kappa shape index (κ3) is 7.78. The summed E-state index contributed by atoms with van der Waals surface area (Å²) in [4.78, 5) is 24.0. The number of rotatable bonds is 10. The molecule has 0 saturated carbocycles. The van der Waals surface area contributed by atoms with Crippen LogP contribution in [0.1, 0.15) is 29.5 Å². The Bertz CT molecular complexity index is 1310. The molecule has 2 N–H and O–H groups in total. The van der Waals surface area contributed by atoms with Gasteiger partial charge in [0.25, 0.3) is 0 Å². The highest BCUT2D eigenvalue weighted by Crippen LogP contribution is 2.34. The molecule has 2 amide bonds. The lowest BCUT2D eigenvalue weighted by atomic mass is 10.1. The Balaban J connectivity index is 1.53. The summed E-state index contributed by atoms with van der Waals surface area (Å²) in [6.07, 6.45) is 1.34. The van der Waals surface area contributed by atoms with Crippen molar-refractivity contribution in [2.45, 2.75) is 19.4 Å². The first-order chi connectivity index (χ1) is 17.4. The molecule has 0 heterocycles. The second-order valence-corrected chi connectivity index (χ2v) is 8.60. The molecule has 0 aromatic heterocycles. The molecular formula is C26H22FIN4O4. The minimum absolute atomic E-state index is 0.0502. The zero-order valence-electron chi connectivity index (χ0n) is 19.3.